The Morgan fingerprint density at radius 1 is 1.19 bits per heavy atom. The summed E-state index contributed by atoms with van der Waals surface area (Å²) < 4.78 is 14.7. The lowest BCUT2D eigenvalue weighted by molar-refractivity contribution is 0.0985. The van der Waals surface area contributed by atoms with Crippen molar-refractivity contribution in [3.63, 3.8) is 0 Å². The Kier molecular flexibility index (Phi) is 7.42. The summed E-state index contributed by atoms with van der Waals surface area (Å²) in [6.45, 7) is 0.998. The van der Waals surface area contributed by atoms with E-state index in [0.717, 1.165) is 0 Å². The number of nitrogens with zero attached hydrogens (tertiary/aromatic N) is 3. The summed E-state index contributed by atoms with van der Waals surface area (Å²) in [6, 6.07) is 9.49. The predicted octanol–water partition coefficient (Wildman–Crippen LogP) is 5.37. The number of thiazole rings is 1. The van der Waals surface area contributed by atoms with Gasteiger partial charge in [0.1, 0.15) is 11.3 Å². The minimum atomic E-state index is -0.411. The molecule has 0 atom stereocenters. The largest absolute Gasteiger partial charge is 0.308 e. The number of anilines is 1. The fourth-order valence-corrected chi connectivity index (χ4v) is 3.78. The SMILES string of the molecule is CN(C)CCN(C(=O)c1cc(Cl)ccc1Cl)c1nc2c(F)cccc2s1.Cl. The van der Waals surface area contributed by atoms with E-state index in [1.54, 1.807) is 24.3 Å². The highest BCUT2D eigenvalue weighted by molar-refractivity contribution is 7.22. The molecule has 3 aromatic rings. The van der Waals surface area contributed by atoms with Crippen LogP contribution in [0.15, 0.2) is 36.4 Å². The van der Waals surface area contributed by atoms with Gasteiger partial charge in [-0.15, -0.1) is 12.4 Å². The molecule has 1 amide bonds. The van der Waals surface area contributed by atoms with Gasteiger partial charge in [-0.3, -0.25) is 9.69 Å². The number of likely N-dealkylation sites (N-methyl/N-ethyl adjacent to an activating group) is 1. The van der Waals surface area contributed by atoms with Crippen LogP contribution in [0.5, 0.6) is 0 Å². The Balaban J connectivity index is 0.00000261. The van der Waals surface area contributed by atoms with Crippen LogP contribution in [0.1, 0.15) is 10.4 Å². The number of halogens is 4. The van der Waals surface area contributed by atoms with Gasteiger partial charge in [-0.2, -0.15) is 0 Å². The van der Waals surface area contributed by atoms with Crippen molar-refractivity contribution in [2.75, 3.05) is 32.1 Å². The van der Waals surface area contributed by atoms with Crippen LogP contribution in [0, 0.1) is 5.82 Å². The van der Waals surface area contributed by atoms with Crippen LogP contribution in [-0.4, -0.2) is 43.0 Å². The Hall–Kier alpha value is -1.44. The van der Waals surface area contributed by atoms with Crippen LogP contribution in [0.3, 0.4) is 0 Å². The van der Waals surface area contributed by atoms with E-state index in [-0.39, 0.29) is 29.4 Å². The van der Waals surface area contributed by atoms with Crippen molar-refractivity contribution < 1.29 is 9.18 Å². The van der Waals surface area contributed by atoms with E-state index in [0.29, 0.717) is 33.0 Å². The molecule has 9 heteroatoms. The molecule has 0 aliphatic heterocycles. The predicted molar refractivity (Wildman–Crippen MR) is 114 cm³/mol. The van der Waals surface area contributed by atoms with Gasteiger partial charge in [-0.1, -0.05) is 40.6 Å². The summed E-state index contributed by atoms with van der Waals surface area (Å²) >= 11 is 13.5. The number of carbonyl (C=O) groups excluding carboxylic acids is 1. The highest BCUT2D eigenvalue weighted by atomic mass is 35.5. The van der Waals surface area contributed by atoms with Gasteiger partial charge in [0.15, 0.2) is 5.13 Å². The number of benzene rings is 2. The summed E-state index contributed by atoms with van der Waals surface area (Å²) in [6.07, 6.45) is 0. The fraction of sp³-hybridized carbons (Fsp3) is 0.222. The number of carbonyl (C=O) groups is 1. The molecule has 0 aliphatic rings. The number of para-hydroxylation sites is 1. The smallest absolute Gasteiger partial charge is 0.261 e. The van der Waals surface area contributed by atoms with Crippen molar-refractivity contribution in [3.8, 4) is 0 Å². The fourth-order valence-electron chi connectivity index (χ4n) is 2.41. The van der Waals surface area contributed by atoms with E-state index in [2.05, 4.69) is 4.98 Å². The highest BCUT2D eigenvalue weighted by Crippen LogP contribution is 2.32. The van der Waals surface area contributed by atoms with Crippen molar-refractivity contribution in [2.24, 2.45) is 0 Å². The van der Waals surface area contributed by atoms with E-state index < -0.39 is 5.82 Å². The van der Waals surface area contributed by atoms with Gasteiger partial charge in [-0.05, 0) is 44.4 Å². The molecule has 0 fully saturated rings. The Morgan fingerprint density at radius 3 is 2.59 bits per heavy atom. The van der Waals surface area contributed by atoms with Crippen LogP contribution in [0.2, 0.25) is 10.0 Å². The van der Waals surface area contributed by atoms with Gasteiger partial charge in [0.05, 0.1) is 15.3 Å². The molecule has 1 aromatic heterocycles. The molecular formula is C18H17Cl3FN3OS. The molecule has 4 nitrogen and oxygen atoms in total. The Bertz CT molecular complexity index is 964. The van der Waals surface area contributed by atoms with E-state index >= 15 is 0 Å². The highest BCUT2D eigenvalue weighted by Gasteiger charge is 2.24. The van der Waals surface area contributed by atoms with Gasteiger partial charge >= 0.3 is 0 Å². The van der Waals surface area contributed by atoms with Crippen molar-refractivity contribution in [2.45, 2.75) is 0 Å². The average Bonchev–Trinajstić information content (AvgIpc) is 3.02. The third-order valence-corrected chi connectivity index (χ3v) is 5.37. The first-order valence-corrected chi connectivity index (χ1v) is 9.41. The van der Waals surface area contributed by atoms with E-state index in [4.69, 9.17) is 23.2 Å². The Labute approximate surface area is 176 Å². The molecule has 0 radical (unpaired) electrons. The molecule has 0 spiro atoms. The second-order valence-corrected chi connectivity index (χ2v) is 7.82. The monoisotopic (exact) mass is 447 g/mol. The maximum absolute atomic E-state index is 14.0. The zero-order chi connectivity index (χ0) is 18.8. The molecule has 3 rings (SSSR count). The van der Waals surface area contributed by atoms with Gasteiger partial charge in [0.25, 0.3) is 5.91 Å². The van der Waals surface area contributed by atoms with Gasteiger partial charge in [-0.25, -0.2) is 9.37 Å². The summed E-state index contributed by atoms with van der Waals surface area (Å²) in [5, 5.41) is 1.15. The zero-order valence-electron chi connectivity index (χ0n) is 14.6. The molecule has 0 N–H and O–H groups in total. The summed E-state index contributed by atoms with van der Waals surface area (Å²) in [4.78, 5) is 20.9. The van der Waals surface area contributed by atoms with E-state index in [1.807, 2.05) is 19.0 Å². The number of rotatable bonds is 5. The van der Waals surface area contributed by atoms with E-state index in [1.165, 1.54) is 28.4 Å². The molecular weight excluding hydrogens is 432 g/mol. The van der Waals surface area contributed by atoms with Gasteiger partial charge in [0, 0.05) is 18.1 Å². The molecule has 0 saturated heterocycles. The zero-order valence-corrected chi connectivity index (χ0v) is 17.7. The molecule has 0 saturated carbocycles. The van der Waals surface area contributed by atoms with Gasteiger partial charge < -0.3 is 4.90 Å². The lowest BCUT2D eigenvalue weighted by atomic mass is 10.2. The maximum atomic E-state index is 14.0. The standard InChI is InChI=1S/C18H16Cl2FN3OS.ClH/c1-23(2)8-9-24(17(25)12-10-11(19)6-7-13(12)20)18-22-16-14(21)4-3-5-15(16)26-18;/h3-7,10H,8-9H2,1-2H3;1H. The number of aromatic nitrogens is 1. The van der Waals surface area contributed by atoms with Crippen molar-refractivity contribution in [3.05, 3.63) is 57.8 Å². The number of amides is 1. The average molecular weight is 449 g/mol. The first-order valence-electron chi connectivity index (χ1n) is 7.83. The van der Waals surface area contributed by atoms with Crippen LogP contribution < -0.4 is 4.90 Å². The molecule has 0 unspecified atom stereocenters. The van der Waals surface area contributed by atoms with Crippen LogP contribution in [0.25, 0.3) is 10.2 Å². The molecule has 27 heavy (non-hydrogen) atoms. The summed E-state index contributed by atoms with van der Waals surface area (Å²) in [5.41, 5.74) is 0.546. The second kappa shape index (κ2) is 9.17. The first-order chi connectivity index (χ1) is 12.4. The van der Waals surface area contributed by atoms with Gasteiger partial charge in [0.2, 0.25) is 0 Å². The van der Waals surface area contributed by atoms with Crippen LogP contribution >= 0.6 is 46.9 Å². The summed E-state index contributed by atoms with van der Waals surface area (Å²) in [7, 11) is 3.82. The molecule has 2 aromatic carbocycles. The van der Waals surface area contributed by atoms with E-state index in [9.17, 15) is 9.18 Å². The Morgan fingerprint density at radius 2 is 1.93 bits per heavy atom. The topological polar surface area (TPSA) is 36.4 Å². The van der Waals surface area contributed by atoms with Crippen LogP contribution in [-0.2, 0) is 0 Å². The van der Waals surface area contributed by atoms with Crippen molar-refractivity contribution in [1.29, 1.82) is 0 Å². The normalized spacial score (nSPS) is 10.9. The number of hydrogen-bond acceptors (Lipinski definition) is 4. The third kappa shape index (κ3) is 4.89. The number of fused-ring (bicyclic) bond motifs is 1. The minimum absolute atomic E-state index is 0. The molecule has 1 heterocycles. The minimum Gasteiger partial charge on any atom is -0.308 e. The maximum Gasteiger partial charge on any atom is 0.261 e. The lowest BCUT2D eigenvalue weighted by Crippen LogP contribution is -2.36. The van der Waals surface area contributed by atoms with Crippen molar-refractivity contribution in [1.82, 2.24) is 9.88 Å². The summed E-state index contributed by atoms with van der Waals surface area (Å²) in [5.74, 6) is -0.732. The van der Waals surface area contributed by atoms with Crippen molar-refractivity contribution >= 4 is 68.2 Å². The number of hydrogen-bond donors (Lipinski definition) is 0. The van der Waals surface area contributed by atoms with Crippen LogP contribution in [0.4, 0.5) is 9.52 Å². The second-order valence-electron chi connectivity index (χ2n) is 5.97. The first kappa shape index (κ1) is 21.9. The molecule has 144 valence electrons. The third-order valence-electron chi connectivity index (χ3n) is 3.76. The quantitative estimate of drug-likeness (QED) is 0.526. The lowest BCUT2D eigenvalue weighted by Gasteiger charge is -2.22. The molecule has 0 bridgehead atoms. The molecule has 0 aliphatic carbocycles.